The number of benzene rings is 2. The molecule has 2 aliphatic heterocycles. The number of amides is 1. The Labute approximate surface area is 195 Å². The number of anilines is 2. The molecule has 2 unspecified atom stereocenters. The number of nitrogens with one attached hydrogen (secondary N) is 1. The van der Waals surface area contributed by atoms with Crippen molar-refractivity contribution in [3.63, 3.8) is 0 Å². The number of hydrogen-bond acceptors (Lipinski definition) is 5. The van der Waals surface area contributed by atoms with Gasteiger partial charge in [0.05, 0.1) is 29.5 Å². The maximum absolute atomic E-state index is 15.7. The van der Waals surface area contributed by atoms with Crippen molar-refractivity contribution in [3.05, 3.63) is 71.1 Å². The highest BCUT2D eigenvalue weighted by Gasteiger charge is 2.44. The summed E-state index contributed by atoms with van der Waals surface area (Å²) in [5.41, 5.74) is 5.48. The highest BCUT2D eigenvalue weighted by Crippen LogP contribution is 2.44. The van der Waals surface area contributed by atoms with Crippen molar-refractivity contribution in [2.24, 2.45) is 7.05 Å². The molecule has 4 heterocycles. The lowest BCUT2D eigenvalue weighted by Crippen LogP contribution is -2.30. The van der Waals surface area contributed by atoms with Gasteiger partial charge in [0.2, 0.25) is 0 Å². The van der Waals surface area contributed by atoms with E-state index in [1.807, 2.05) is 31.2 Å². The van der Waals surface area contributed by atoms with E-state index in [9.17, 15) is 4.79 Å². The Bertz CT molecular complexity index is 1430. The minimum absolute atomic E-state index is 0.156. The van der Waals surface area contributed by atoms with Crippen LogP contribution in [-0.2, 0) is 11.8 Å². The first-order chi connectivity index (χ1) is 16.5. The normalized spacial score (nSPS) is 20.1. The first-order valence-corrected chi connectivity index (χ1v) is 11.3. The third-order valence-electron chi connectivity index (χ3n) is 7.14. The first-order valence-electron chi connectivity index (χ1n) is 11.3. The van der Waals surface area contributed by atoms with Crippen molar-refractivity contribution in [2.45, 2.75) is 25.5 Å². The van der Waals surface area contributed by atoms with Crippen LogP contribution in [0.2, 0.25) is 0 Å². The third-order valence-corrected chi connectivity index (χ3v) is 7.14. The second-order valence-corrected chi connectivity index (χ2v) is 8.95. The monoisotopic (exact) mass is 460 g/mol. The van der Waals surface area contributed by atoms with Crippen LogP contribution in [0.5, 0.6) is 0 Å². The summed E-state index contributed by atoms with van der Waals surface area (Å²) in [6.07, 6.45) is 2.69. The van der Waals surface area contributed by atoms with E-state index < -0.39 is 6.04 Å². The number of rotatable bonds is 4. The van der Waals surface area contributed by atoms with Crippen molar-refractivity contribution >= 4 is 28.3 Å². The fourth-order valence-corrected chi connectivity index (χ4v) is 5.19. The number of H-pyrrole nitrogens is 1. The lowest BCUT2D eigenvalue weighted by atomic mass is 9.97. The van der Waals surface area contributed by atoms with Crippen molar-refractivity contribution in [2.75, 3.05) is 30.0 Å². The topological polar surface area (TPSA) is 79.3 Å². The molecule has 1 saturated heterocycles. The van der Waals surface area contributed by atoms with Crippen LogP contribution in [0.4, 0.5) is 15.8 Å². The Balaban J connectivity index is 1.46. The minimum Gasteiger partial charge on any atom is -0.380 e. The summed E-state index contributed by atoms with van der Waals surface area (Å²) in [5, 5.41) is 4.46. The smallest absolute Gasteiger partial charge is 0.280 e. The molecule has 0 aliphatic carbocycles. The second-order valence-electron chi connectivity index (χ2n) is 8.95. The number of aromatic nitrogens is 4. The molecular weight excluding hydrogens is 435 g/mol. The molecule has 2 aliphatic rings. The molecule has 6 rings (SSSR count). The number of carbonyl (C=O) groups excluding carboxylic acids is 1. The molecule has 174 valence electrons. The average molecular weight is 461 g/mol. The van der Waals surface area contributed by atoms with Gasteiger partial charge in [0.1, 0.15) is 5.82 Å². The van der Waals surface area contributed by atoms with Gasteiger partial charge in [0.25, 0.3) is 5.91 Å². The Morgan fingerprint density at radius 3 is 2.76 bits per heavy atom. The molecular formula is C25H25FN6O2. The van der Waals surface area contributed by atoms with Crippen LogP contribution in [0.15, 0.2) is 42.7 Å². The number of hydrogen-bond donors (Lipinski definition) is 1. The van der Waals surface area contributed by atoms with E-state index in [1.54, 1.807) is 42.2 Å². The van der Waals surface area contributed by atoms with Gasteiger partial charge in [-0.1, -0.05) is 6.07 Å². The Hall–Kier alpha value is -3.72. The van der Waals surface area contributed by atoms with Crippen LogP contribution in [0.3, 0.4) is 0 Å². The van der Waals surface area contributed by atoms with Crippen LogP contribution in [0, 0.1) is 12.7 Å². The van der Waals surface area contributed by atoms with Gasteiger partial charge >= 0.3 is 0 Å². The van der Waals surface area contributed by atoms with Gasteiger partial charge < -0.3 is 14.6 Å². The Morgan fingerprint density at radius 1 is 1.18 bits per heavy atom. The molecule has 4 aromatic rings. The summed E-state index contributed by atoms with van der Waals surface area (Å²) in [5.74, 6) is -0.589. The molecule has 1 fully saturated rings. The van der Waals surface area contributed by atoms with Gasteiger partial charge in [0.15, 0.2) is 5.69 Å². The number of nitrogens with zero attached hydrogens (tertiary/aromatic N) is 5. The Morgan fingerprint density at radius 2 is 2.00 bits per heavy atom. The molecule has 2 aromatic carbocycles. The second kappa shape index (κ2) is 7.66. The van der Waals surface area contributed by atoms with Gasteiger partial charge in [-0.05, 0) is 43.7 Å². The standard InChI is InChI=1S/C25H25FN6O2/c1-14-22-23(29-30(14)2)25(33)32(16-5-7-20-21(11-16)28-13-27-20)24(22)18-6-4-15(10-19(18)26)31-9-8-17(12-31)34-3/h4-7,10-11,13,17,24H,8-9,12H2,1-3H3,(H,27,28). The quantitative estimate of drug-likeness (QED) is 0.502. The zero-order chi connectivity index (χ0) is 23.6. The lowest BCUT2D eigenvalue weighted by Gasteiger charge is -2.28. The third kappa shape index (κ3) is 3.03. The summed E-state index contributed by atoms with van der Waals surface area (Å²) in [6, 6.07) is 10.3. The van der Waals surface area contributed by atoms with Crippen molar-refractivity contribution < 1.29 is 13.9 Å². The maximum atomic E-state index is 15.7. The molecule has 9 heteroatoms. The lowest BCUT2D eigenvalue weighted by molar-refractivity contribution is 0.0987. The average Bonchev–Trinajstić information content (AvgIpc) is 3.60. The number of aromatic amines is 1. The van der Waals surface area contributed by atoms with E-state index in [1.165, 1.54) is 0 Å². The summed E-state index contributed by atoms with van der Waals surface area (Å²) in [7, 11) is 3.51. The van der Waals surface area contributed by atoms with Gasteiger partial charge in [-0.25, -0.2) is 9.37 Å². The van der Waals surface area contributed by atoms with Crippen LogP contribution in [0.25, 0.3) is 11.0 Å². The molecule has 0 saturated carbocycles. The van der Waals surface area contributed by atoms with Gasteiger partial charge in [-0.3, -0.25) is 14.4 Å². The molecule has 1 amide bonds. The number of halogens is 1. The van der Waals surface area contributed by atoms with Crippen molar-refractivity contribution in [1.82, 2.24) is 19.7 Å². The fraction of sp³-hybridized carbons (Fsp3) is 0.320. The zero-order valence-corrected chi connectivity index (χ0v) is 19.2. The summed E-state index contributed by atoms with van der Waals surface area (Å²) in [6.45, 7) is 3.47. The number of carbonyl (C=O) groups is 1. The zero-order valence-electron chi connectivity index (χ0n) is 19.2. The fourth-order valence-electron chi connectivity index (χ4n) is 5.19. The largest absolute Gasteiger partial charge is 0.380 e. The molecule has 0 radical (unpaired) electrons. The number of methoxy groups -OCH3 is 1. The van der Waals surface area contributed by atoms with E-state index in [2.05, 4.69) is 20.0 Å². The van der Waals surface area contributed by atoms with Crippen molar-refractivity contribution in [1.29, 1.82) is 0 Å². The molecule has 0 spiro atoms. The van der Waals surface area contributed by atoms with Crippen LogP contribution < -0.4 is 9.80 Å². The van der Waals surface area contributed by atoms with Gasteiger partial charge in [-0.15, -0.1) is 0 Å². The summed E-state index contributed by atoms with van der Waals surface area (Å²) < 4.78 is 22.9. The van der Waals surface area contributed by atoms with E-state index >= 15 is 4.39 Å². The van der Waals surface area contributed by atoms with E-state index in [0.717, 1.165) is 47.5 Å². The van der Waals surface area contributed by atoms with Crippen molar-refractivity contribution in [3.8, 4) is 0 Å². The van der Waals surface area contributed by atoms with Gasteiger partial charge in [0, 0.05) is 55.4 Å². The maximum Gasteiger partial charge on any atom is 0.280 e. The molecule has 2 aromatic heterocycles. The summed E-state index contributed by atoms with van der Waals surface area (Å²) in [4.78, 5) is 24.7. The molecule has 1 N–H and O–H groups in total. The van der Waals surface area contributed by atoms with Gasteiger partial charge in [-0.2, -0.15) is 5.10 Å². The molecule has 2 atom stereocenters. The highest BCUT2D eigenvalue weighted by atomic mass is 19.1. The van der Waals surface area contributed by atoms with E-state index in [-0.39, 0.29) is 17.8 Å². The molecule has 8 nitrogen and oxygen atoms in total. The van der Waals surface area contributed by atoms with Crippen LogP contribution >= 0.6 is 0 Å². The van der Waals surface area contributed by atoms with Crippen LogP contribution in [0.1, 0.15) is 39.8 Å². The van der Waals surface area contributed by atoms with E-state index in [4.69, 9.17) is 4.74 Å². The number of aryl methyl sites for hydroxylation is 1. The summed E-state index contributed by atoms with van der Waals surface area (Å²) >= 11 is 0. The highest BCUT2D eigenvalue weighted by molar-refractivity contribution is 6.11. The number of ether oxygens (including phenoxy) is 1. The Kier molecular flexibility index (Phi) is 4.70. The predicted octanol–water partition coefficient (Wildman–Crippen LogP) is 3.72. The SMILES string of the molecule is COC1CCN(c2ccc(C3c4c(nn(C)c4C)C(=O)N3c3ccc4nc[nH]c4c3)c(F)c2)C1. The first kappa shape index (κ1) is 20.9. The van der Waals surface area contributed by atoms with Crippen LogP contribution in [-0.4, -0.2) is 52.0 Å². The predicted molar refractivity (Wildman–Crippen MR) is 127 cm³/mol. The molecule has 0 bridgehead atoms. The minimum atomic E-state index is -0.615. The number of imidazole rings is 1. The number of fused-ring (bicyclic) bond motifs is 2. The molecule has 34 heavy (non-hydrogen) atoms. The van der Waals surface area contributed by atoms with E-state index in [0.29, 0.717) is 16.9 Å².